The van der Waals surface area contributed by atoms with Crippen molar-refractivity contribution in [1.29, 1.82) is 0 Å². The van der Waals surface area contributed by atoms with Gasteiger partial charge in [0.25, 0.3) is 0 Å². The molecule has 1 saturated heterocycles. The minimum atomic E-state index is 0.562. The van der Waals surface area contributed by atoms with E-state index in [1.54, 1.807) is 0 Å². The monoisotopic (exact) mass is 259 g/mol. The number of nitrogens with zero attached hydrogens (tertiary/aromatic N) is 4. The third-order valence-corrected chi connectivity index (χ3v) is 3.72. The second-order valence-corrected chi connectivity index (χ2v) is 5.45. The average molecular weight is 259 g/mol. The van der Waals surface area contributed by atoms with Crippen LogP contribution in [0.5, 0.6) is 0 Å². The van der Waals surface area contributed by atoms with Crippen molar-refractivity contribution in [3.8, 4) is 0 Å². The summed E-state index contributed by atoms with van der Waals surface area (Å²) in [5, 5.41) is 8.10. The molecule has 19 heavy (non-hydrogen) atoms. The lowest BCUT2D eigenvalue weighted by Gasteiger charge is -2.27. The summed E-state index contributed by atoms with van der Waals surface area (Å²) in [4.78, 5) is 6.71. The van der Waals surface area contributed by atoms with Gasteiger partial charge in [-0.15, -0.1) is 5.10 Å². The fourth-order valence-electron chi connectivity index (χ4n) is 2.63. The standard InChI is InChI=1S/C14H21N5/c1-11-6-7-13-16-14(17-19(13)9-11)18(2)10-12-5-3-4-8-15-12/h6-7,9,12,15H,3-5,8,10H2,1-2H3. The van der Waals surface area contributed by atoms with Gasteiger partial charge in [0.05, 0.1) is 0 Å². The van der Waals surface area contributed by atoms with Crippen LogP contribution in [-0.4, -0.2) is 40.8 Å². The molecule has 0 saturated carbocycles. The molecule has 1 unspecified atom stereocenters. The van der Waals surface area contributed by atoms with Gasteiger partial charge in [0.15, 0.2) is 5.65 Å². The summed E-state index contributed by atoms with van der Waals surface area (Å²) in [7, 11) is 2.07. The van der Waals surface area contributed by atoms with Crippen molar-refractivity contribution < 1.29 is 0 Å². The number of hydrogen-bond acceptors (Lipinski definition) is 4. The molecular formula is C14H21N5. The number of anilines is 1. The number of piperidine rings is 1. The fraction of sp³-hybridized carbons (Fsp3) is 0.571. The van der Waals surface area contributed by atoms with Crippen LogP contribution in [0.15, 0.2) is 18.3 Å². The third kappa shape index (κ3) is 2.71. The van der Waals surface area contributed by atoms with Gasteiger partial charge in [-0.1, -0.05) is 12.5 Å². The van der Waals surface area contributed by atoms with Crippen LogP contribution in [0.2, 0.25) is 0 Å². The summed E-state index contributed by atoms with van der Waals surface area (Å²) in [6.07, 6.45) is 5.88. The molecule has 1 fully saturated rings. The summed E-state index contributed by atoms with van der Waals surface area (Å²) in [6.45, 7) is 4.17. The summed E-state index contributed by atoms with van der Waals surface area (Å²) in [6, 6.07) is 4.64. The van der Waals surface area contributed by atoms with Crippen molar-refractivity contribution in [2.24, 2.45) is 0 Å². The lowest BCUT2D eigenvalue weighted by molar-refractivity contribution is 0.402. The third-order valence-electron chi connectivity index (χ3n) is 3.72. The van der Waals surface area contributed by atoms with E-state index >= 15 is 0 Å². The van der Waals surface area contributed by atoms with Gasteiger partial charge in [-0.25, -0.2) is 4.52 Å². The van der Waals surface area contributed by atoms with E-state index in [1.807, 2.05) is 16.8 Å². The van der Waals surface area contributed by atoms with Gasteiger partial charge in [0.2, 0.25) is 5.95 Å². The first-order valence-electron chi connectivity index (χ1n) is 7.00. The Balaban J connectivity index is 1.75. The Hall–Kier alpha value is -1.62. The Morgan fingerprint density at radius 2 is 2.32 bits per heavy atom. The zero-order chi connectivity index (χ0) is 13.2. The van der Waals surface area contributed by atoms with Gasteiger partial charge < -0.3 is 10.2 Å². The highest BCUT2D eigenvalue weighted by Crippen LogP contribution is 2.13. The van der Waals surface area contributed by atoms with Gasteiger partial charge in [-0.05, 0) is 37.9 Å². The highest BCUT2D eigenvalue weighted by molar-refractivity contribution is 5.45. The van der Waals surface area contributed by atoms with E-state index in [2.05, 4.69) is 40.3 Å². The maximum absolute atomic E-state index is 4.57. The fourth-order valence-corrected chi connectivity index (χ4v) is 2.63. The molecule has 5 nitrogen and oxygen atoms in total. The molecule has 0 aliphatic carbocycles. The molecule has 3 heterocycles. The first-order valence-corrected chi connectivity index (χ1v) is 7.00. The minimum Gasteiger partial charge on any atom is -0.341 e. The molecule has 5 heteroatoms. The Morgan fingerprint density at radius 1 is 1.42 bits per heavy atom. The van der Waals surface area contributed by atoms with Crippen LogP contribution in [0.4, 0.5) is 5.95 Å². The molecule has 0 spiro atoms. The molecule has 0 bridgehead atoms. The molecule has 2 aromatic heterocycles. The maximum Gasteiger partial charge on any atom is 0.245 e. The molecule has 3 rings (SSSR count). The van der Waals surface area contributed by atoms with Gasteiger partial charge >= 0.3 is 0 Å². The van der Waals surface area contributed by atoms with E-state index in [1.165, 1.54) is 24.8 Å². The SMILES string of the molecule is Cc1ccc2nc(N(C)CC3CCCCN3)nn2c1. The molecule has 2 aromatic rings. The topological polar surface area (TPSA) is 45.5 Å². The number of pyridine rings is 1. The van der Waals surface area contributed by atoms with Crippen molar-refractivity contribution in [3.63, 3.8) is 0 Å². The predicted octanol–water partition coefficient (Wildman–Crippen LogP) is 1.62. The normalized spacial score (nSPS) is 19.8. The quantitative estimate of drug-likeness (QED) is 0.909. The first-order chi connectivity index (χ1) is 9.22. The van der Waals surface area contributed by atoms with Crippen molar-refractivity contribution in [2.45, 2.75) is 32.2 Å². The highest BCUT2D eigenvalue weighted by atomic mass is 15.4. The van der Waals surface area contributed by atoms with Crippen LogP contribution >= 0.6 is 0 Å². The van der Waals surface area contributed by atoms with E-state index in [9.17, 15) is 0 Å². The van der Waals surface area contributed by atoms with E-state index in [0.717, 1.165) is 24.7 Å². The zero-order valence-corrected chi connectivity index (χ0v) is 11.6. The van der Waals surface area contributed by atoms with Crippen molar-refractivity contribution in [1.82, 2.24) is 19.9 Å². The Kier molecular flexibility index (Phi) is 3.38. The van der Waals surface area contributed by atoms with E-state index in [-0.39, 0.29) is 0 Å². The minimum absolute atomic E-state index is 0.562. The van der Waals surface area contributed by atoms with Crippen molar-refractivity contribution >= 4 is 11.6 Å². The van der Waals surface area contributed by atoms with Crippen molar-refractivity contribution in [2.75, 3.05) is 25.0 Å². The van der Waals surface area contributed by atoms with Crippen molar-refractivity contribution in [3.05, 3.63) is 23.9 Å². The van der Waals surface area contributed by atoms with Gasteiger partial charge in [-0.2, -0.15) is 4.98 Å². The van der Waals surface area contributed by atoms with Gasteiger partial charge in [-0.3, -0.25) is 0 Å². The van der Waals surface area contributed by atoms with Crippen LogP contribution in [-0.2, 0) is 0 Å². The number of hydrogen-bond donors (Lipinski definition) is 1. The molecule has 1 N–H and O–H groups in total. The summed E-state index contributed by atoms with van der Waals surface area (Å²) < 4.78 is 1.86. The second-order valence-electron chi connectivity index (χ2n) is 5.45. The zero-order valence-electron chi connectivity index (χ0n) is 11.6. The largest absolute Gasteiger partial charge is 0.341 e. The number of rotatable bonds is 3. The number of aryl methyl sites for hydroxylation is 1. The van der Waals surface area contributed by atoms with Crippen LogP contribution < -0.4 is 10.2 Å². The lowest BCUT2D eigenvalue weighted by atomic mass is 10.1. The van der Waals surface area contributed by atoms with Crippen LogP contribution in [0.3, 0.4) is 0 Å². The van der Waals surface area contributed by atoms with Crippen LogP contribution in [0, 0.1) is 6.92 Å². The van der Waals surface area contributed by atoms with E-state index in [0.29, 0.717) is 6.04 Å². The molecule has 0 amide bonds. The lowest BCUT2D eigenvalue weighted by Crippen LogP contribution is -2.42. The molecular weight excluding hydrogens is 238 g/mol. The maximum atomic E-state index is 4.57. The highest BCUT2D eigenvalue weighted by Gasteiger charge is 2.17. The Labute approximate surface area is 113 Å². The number of fused-ring (bicyclic) bond motifs is 1. The Morgan fingerprint density at radius 3 is 3.11 bits per heavy atom. The molecule has 102 valence electrons. The number of aromatic nitrogens is 3. The molecule has 1 aliphatic heterocycles. The molecule has 1 atom stereocenters. The number of likely N-dealkylation sites (N-methyl/N-ethyl adjacent to an activating group) is 1. The van der Waals surface area contributed by atoms with Crippen LogP contribution in [0.1, 0.15) is 24.8 Å². The summed E-state index contributed by atoms with van der Waals surface area (Å²) >= 11 is 0. The molecule has 0 radical (unpaired) electrons. The molecule has 0 aromatic carbocycles. The van der Waals surface area contributed by atoms with Crippen LogP contribution in [0.25, 0.3) is 5.65 Å². The summed E-state index contributed by atoms with van der Waals surface area (Å²) in [5.74, 6) is 0.804. The average Bonchev–Trinajstić information content (AvgIpc) is 2.83. The Bertz CT molecular complexity index is 556. The first kappa shape index (κ1) is 12.4. The predicted molar refractivity (Wildman–Crippen MR) is 76.6 cm³/mol. The van der Waals surface area contributed by atoms with Gasteiger partial charge in [0, 0.05) is 25.8 Å². The smallest absolute Gasteiger partial charge is 0.245 e. The molecule has 1 aliphatic rings. The van der Waals surface area contributed by atoms with Gasteiger partial charge in [0.1, 0.15) is 0 Å². The van der Waals surface area contributed by atoms with E-state index < -0.39 is 0 Å². The summed E-state index contributed by atoms with van der Waals surface area (Å²) in [5.41, 5.74) is 2.10. The van der Waals surface area contributed by atoms with E-state index in [4.69, 9.17) is 0 Å². The second kappa shape index (κ2) is 5.17. The number of nitrogens with one attached hydrogen (secondary N) is 1.